The number of aryl methyl sites for hydroxylation is 1. The second-order valence-electron chi connectivity index (χ2n) is 3.10. The Morgan fingerprint density at radius 2 is 2.46 bits per heavy atom. The number of aromatic nitrogens is 1. The van der Waals surface area contributed by atoms with Gasteiger partial charge in [0.15, 0.2) is 0 Å². The minimum Gasteiger partial charge on any atom is -0.249 e. The van der Waals surface area contributed by atoms with E-state index in [1.54, 1.807) is 17.4 Å². The fourth-order valence-corrected chi connectivity index (χ4v) is 2.19. The molecular formula is C10H10FNS. The molecule has 1 aromatic rings. The number of halogens is 1. The van der Waals surface area contributed by atoms with Gasteiger partial charge in [0.2, 0.25) is 0 Å². The Hall–Kier alpha value is -0.960. The summed E-state index contributed by atoms with van der Waals surface area (Å²) in [5.41, 5.74) is 0. The first-order valence-corrected chi connectivity index (χ1v) is 5.03. The summed E-state index contributed by atoms with van der Waals surface area (Å²) < 4.78 is 12.6. The van der Waals surface area contributed by atoms with Crippen molar-refractivity contribution in [3.8, 4) is 0 Å². The van der Waals surface area contributed by atoms with Crippen LogP contribution in [-0.2, 0) is 0 Å². The molecular weight excluding hydrogens is 185 g/mol. The molecule has 13 heavy (non-hydrogen) atoms. The second kappa shape index (κ2) is 3.42. The highest BCUT2D eigenvalue weighted by atomic mass is 32.1. The minimum absolute atomic E-state index is 0.135. The van der Waals surface area contributed by atoms with Gasteiger partial charge in [0, 0.05) is 17.0 Å². The van der Waals surface area contributed by atoms with E-state index in [0.717, 1.165) is 11.4 Å². The van der Waals surface area contributed by atoms with Gasteiger partial charge in [-0.15, -0.1) is 11.3 Å². The van der Waals surface area contributed by atoms with Crippen LogP contribution in [0.15, 0.2) is 30.3 Å². The van der Waals surface area contributed by atoms with Crippen LogP contribution in [0.3, 0.4) is 0 Å². The van der Waals surface area contributed by atoms with Crippen molar-refractivity contribution in [2.75, 3.05) is 0 Å². The summed E-state index contributed by atoms with van der Waals surface area (Å²) in [5.74, 6) is 0.141. The summed E-state index contributed by atoms with van der Waals surface area (Å²) in [6.07, 6.45) is 7.61. The van der Waals surface area contributed by atoms with E-state index in [9.17, 15) is 4.39 Å². The van der Waals surface area contributed by atoms with Gasteiger partial charge in [0.05, 0.1) is 5.01 Å². The second-order valence-corrected chi connectivity index (χ2v) is 4.37. The van der Waals surface area contributed by atoms with Gasteiger partial charge in [0.1, 0.15) is 5.83 Å². The van der Waals surface area contributed by atoms with E-state index in [0.29, 0.717) is 0 Å². The third kappa shape index (κ3) is 1.86. The van der Waals surface area contributed by atoms with Crippen LogP contribution in [0.4, 0.5) is 4.39 Å². The van der Waals surface area contributed by atoms with E-state index in [2.05, 4.69) is 4.98 Å². The van der Waals surface area contributed by atoms with Crippen LogP contribution in [0.2, 0.25) is 0 Å². The van der Waals surface area contributed by atoms with Crippen molar-refractivity contribution in [2.45, 2.75) is 19.3 Å². The number of thiazole rings is 1. The highest BCUT2D eigenvalue weighted by Crippen LogP contribution is 2.29. The zero-order chi connectivity index (χ0) is 9.26. The van der Waals surface area contributed by atoms with Gasteiger partial charge < -0.3 is 0 Å². The van der Waals surface area contributed by atoms with Gasteiger partial charge in [-0.25, -0.2) is 9.37 Å². The molecule has 0 radical (unpaired) electrons. The van der Waals surface area contributed by atoms with Gasteiger partial charge in [-0.2, -0.15) is 0 Å². The van der Waals surface area contributed by atoms with Crippen LogP contribution >= 0.6 is 11.3 Å². The van der Waals surface area contributed by atoms with E-state index >= 15 is 0 Å². The molecule has 0 fully saturated rings. The molecule has 0 amide bonds. The Morgan fingerprint density at radius 3 is 3.00 bits per heavy atom. The van der Waals surface area contributed by atoms with Gasteiger partial charge >= 0.3 is 0 Å². The molecule has 1 heterocycles. The molecule has 1 aliphatic rings. The topological polar surface area (TPSA) is 12.9 Å². The standard InChI is InChI=1S/C10H10FNS/c1-7-6-12-10(13-7)8-2-4-9(11)5-3-8/h2,4-6,8H,3H2,1H3. The maximum Gasteiger partial charge on any atom is 0.118 e. The smallest absolute Gasteiger partial charge is 0.118 e. The van der Waals surface area contributed by atoms with Crippen molar-refractivity contribution in [1.82, 2.24) is 4.98 Å². The number of hydrogen-bond acceptors (Lipinski definition) is 2. The van der Waals surface area contributed by atoms with E-state index in [1.807, 2.05) is 19.2 Å². The number of allylic oxidation sites excluding steroid dienone is 4. The fourth-order valence-electron chi connectivity index (χ4n) is 1.32. The minimum atomic E-state index is -0.135. The lowest BCUT2D eigenvalue weighted by atomic mass is 10.0. The van der Waals surface area contributed by atoms with Crippen molar-refractivity contribution in [3.05, 3.63) is 40.1 Å². The third-order valence-corrected chi connectivity index (χ3v) is 3.06. The summed E-state index contributed by atoms with van der Waals surface area (Å²) in [6.45, 7) is 2.03. The Kier molecular flexibility index (Phi) is 2.27. The molecule has 0 saturated carbocycles. The van der Waals surface area contributed by atoms with Crippen molar-refractivity contribution in [2.24, 2.45) is 0 Å². The Labute approximate surface area is 80.6 Å². The van der Waals surface area contributed by atoms with Gasteiger partial charge in [-0.1, -0.05) is 6.08 Å². The summed E-state index contributed by atoms with van der Waals surface area (Å²) in [5, 5.41) is 1.08. The molecule has 0 bridgehead atoms. The quantitative estimate of drug-likeness (QED) is 0.669. The summed E-state index contributed by atoms with van der Waals surface area (Å²) in [4.78, 5) is 5.49. The van der Waals surface area contributed by atoms with E-state index < -0.39 is 0 Å². The zero-order valence-electron chi connectivity index (χ0n) is 7.33. The predicted molar refractivity (Wildman–Crippen MR) is 52.5 cm³/mol. The maximum atomic E-state index is 12.6. The van der Waals surface area contributed by atoms with Gasteiger partial charge in [-0.05, 0) is 25.5 Å². The first kappa shape index (κ1) is 8.63. The maximum absolute atomic E-state index is 12.6. The largest absolute Gasteiger partial charge is 0.249 e. The lowest BCUT2D eigenvalue weighted by molar-refractivity contribution is 0.643. The Bertz CT molecular complexity index is 365. The highest BCUT2D eigenvalue weighted by Gasteiger charge is 2.13. The molecule has 0 aromatic carbocycles. The van der Waals surface area contributed by atoms with Crippen LogP contribution in [-0.4, -0.2) is 4.98 Å². The molecule has 68 valence electrons. The van der Waals surface area contributed by atoms with Crippen molar-refractivity contribution >= 4 is 11.3 Å². The molecule has 0 aliphatic heterocycles. The monoisotopic (exact) mass is 195 g/mol. The number of nitrogens with zero attached hydrogens (tertiary/aromatic N) is 1. The van der Waals surface area contributed by atoms with Gasteiger partial charge in [-0.3, -0.25) is 0 Å². The van der Waals surface area contributed by atoms with E-state index in [4.69, 9.17) is 0 Å². The normalized spacial score (nSPS) is 21.7. The lowest BCUT2D eigenvalue weighted by Crippen LogP contribution is -1.96. The lowest BCUT2D eigenvalue weighted by Gasteiger charge is -2.09. The van der Waals surface area contributed by atoms with Crippen LogP contribution in [0.25, 0.3) is 0 Å². The molecule has 0 N–H and O–H groups in total. The van der Waals surface area contributed by atoms with Crippen LogP contribution in [0.5, 0.6) is 0 Å². The average Bonchev–Trinajstić information content (AvgIpc) is 2.53. The van der Waals surface area contributed by atoms with E-state index in [1.165, 1.54) is 11.0 Å². The molecule has 1 unspecified atom stereocenters. The molecule has 0 saturated heterocycles. The van der Waals surface area contributed by atoms with E-state index in [-0.39, 0.29) is 11.7 Å². The number of hydrogen-bond donors (Lipinski definition) is 0. The summed E-state index contributed by atoms with van der Waals surface area (Å²) >= 11 is 1.68. The molecule has 1 aliphatic carbocycles. The van der Waals surface area contributed by atoms with Gasteiger partial charge in [0.25, 0.3) is 0 Å². The summed E-state index contributed by atoms with van der Waals surface area (Å²) in [7, 11) is 0. The SMILES string of the molecule is Cc1cnc(C2C=CC(F)=CC2)s1. The first-order valence-electron chi connectivity index (χ1n) is 4.22. The first-order chi connectivity index (χ1) is 6.25. The zero-order valence-corrected chi connectivity index (χ0v) is 8.14. The number of rotatable bonds is 1. The Morgan fingerprint density at radius 1 is 1.62 bits per heavy atom. The Balaban J connectivity index is 2.17. The molecule has 1 nitrogen and oxygen atoms in total. The van der Waals surface area contributed by atoms with Crippen molar-refractivity contribution < 1.29 is 4.39 Å². The molecule has 3 heteroatoms. The van der Waals surface area contributed by atoms with Crippen LogP contribution in [0, 0.1) is 6.92 Å². The van der Waals surface area contributed by atoms with Crippen molar-refractivity contribution in [1.29, 1.82) is 0 Å². The predicted octanol–water partition coefficient (Wildman–Crippen LogP) is 3.35. The fraction of sp³-hybridized carbons (Fsp3) is 0.300. The molecule has 0 spiro atoms. The van der Waals surface area contributed by atoms with Crippen LogP contribution in [0.1, 0.15) is 22.2 Å². The summed E-state index contributed by atoms with van der Waals surface area (Å²) in [6, 6.07) is 0. The average molecular weight is 195 g/mol. The molecule has 1 aromatic heterocycles. The van der Waals surface area contributed by atoms with Crippen molar-refractivity contribution in [3.63, 3.8) is 0 Å². The van der Waals surface area contributed by atoms with Crippen LogP contribution < -0.4 is 0 Å². The highest BCUT2D eigenvalue weighted by molar-refractivity contribution is 7.11. The molecule has 1 atom stereocenters. The third-order valence-electron chi connectivity index (χ3n) is 2.01. The molecule has 2 rings (SSSR count).